The highest BCUT2D eigenvalue weighted by molar-refractivity contribution is 4.90. The van der Waals surface area contributed by atoms with Crippen LogP contribution in [0.15, 0.2) is 0 Å². The van der Waals surface area contributed by atoms with E-state index < -0.39 is 0 Å². The minimum absolute atomic E-state index is 0.183. The van der Waals surface area contributed by atoms with Crippen molar-refractivity contribution in [1.82, 2.24) is 5.32 Å². The Morgan fingerprint density at radius 2 is 1.63 bits per heavy atom. The molecule has 0 aromatic carbocycles. The fourth-order valence-corrected chi connectivity index (χ4v) is 3.59. The lowest BCUT2D eigenvalue weighted by Gasteiger charge is -2.35. The van der Waals surface area contributed by atoms with Crippen molar-refractivity contribution in [3.8, 4) is 0 Å². The highest BCUT2D eigenvalue weighted by atomic mass is 16.5. The second-order valence-electron chi connectivity index (χ2n) is 7.19. The highest BCUT2D eigenvalue weighted by Gasteiger charge is 2.34. The van der Waals surface area contributed by atoms with Gasteiger partial charge in [-0.1, -0.05) is 44.9 Å². The average Bonchev–Trinajstić information content (AvgIpc) is 3.18. The largest absolute Gasteiger partial charge is 0.374 e. The molecule has 0 radical (unpaired) electrons. The third-order valence-corrected chi connectivity index (χ3v) is 5.46. The van der Waals surface area contributed by atoms with E-state index in [9.17, 15) is 0 Å². The van der Waals surface area contributed by atoms with Gasteiger partial charge in [-0.15, -0.1) is 0 Å². The van der Waals surface area contributed by atoms with Gasteiger partial charge in [-0.05, 0) is 38.0 Å². The molecular formula is C17H31NO. The molecule has 19 heavy (non-hydrogen) atoms. The molecule has 3 saturated carbocycles. The molecule has 1 N–H and O–H groups in total. The maximum atomic E-state index is 6.47. The zero-order valence-corrected chi connectivity index (χ0v) is 12.5. The van der Waals surface area contributed by atoms with Crippen LogP contribution in [0.5, 0.6) is 0 Å². The molecule has 0 aromatic rings. The molecule has 110 valence electrons. The smallest absolute Gasteiger partial charge is 0.0806 e. The van der Waals surface area contributed by atoms with E-state index in [4.69, 9.17) is 4.74 Å². The lowest BCUT2D eigenvalue weighted by molar-refractivity contribution is -0.0621. The Hall–Kier alpha value is -0.0800. The van der Waals surface area contributed by atoms with Crippen LogP contribution in [0.25, 0.3) is 0 Å². The quantitative estimate of drug-likeness (QED) is 0.702. The SMILES string of the molecule is C1CCCC(CNC2CC2)(OCCC2CCC2)CC1. The first kappa shape index (κ1) is 13.9. The van der Waals surface area contributed by atoms with Gasteiger partial charge in [-0.2, -0.15) is 0 Å². The van der Waals surface area contributed by atoms with E-state index in [1.165, 1.54) is 77.0 Å². The van der Waals surface area contributed by atoms with E-state index in [-0.39, 0.29) is 5.60 Å². The topological polar surface area (TPSA) is 21.3 Å². The van der Waals surface area contributed by atoms with Crippen LogP contribution in [0.2, 0.25) is 0 Å². The Morgan fingerprint density at radius 3 is 2.21 bits per heavy atom. The van der Waals surface area contributed by atoms with Crippen LogP contribution in [0, 0.1) is 5.92 Å². The Balaban J connectivity index is 1.47. The summed E-state index contributed by atoms with van der Waals surface area (Å²) < 4.78 is 6.47. The van der Waals surface area contributed by atoms with E-state index in [1.54, 1.807) is 0 Å². The zero-order chi connectivity index (χ0) is 13.0. The van der Waals surface area contributed by atoms with Gasteiger partial charge in [0.05, 0.1) is 5.60 Å². The summed E-state index contributed by atoms with van der Waals surface area (Å²) in [5, 5.41) is 3.74. The summed E-state index contributed by atoms with van der Waals surface area (Å²) in [6.45, 7) is 2.12. The summed E-state index contributed by atoms with van der Waals surface area (Å²) in [4.78, 5) is 0. The lowest BCUT2D eigenvalue weighted by Crippen LogP contribution is -2.44. The third kappa shape index (κ3) is 4.19. The van der Waals surface area contributed by atoms with Crippen LogP contribution >= 0.6 is 0 Å². The van der Waals surface area contributed by atoms with Crippen LogP contribution in [0.1, 0.15) is 77.0 Å². The van der Waals surface area contributed by atoms with Gasteiger partial charge in [0.15, 0.2) is 0 Å². The first-order chi connectivity index (χ1) is 9.36. The predicted octanol–water partition coefficient (Wildman–Crippen LogP) is 4.04. The second-order valence-corrected chi connectivity index (χ2v) is 7.19. The molecule has 0 unspecified atom stereocenters. The van der Waals surface area contributed by atoms with Crippen molar-refractivity contribution >= 4 is 0 Å². The van der Waals surface area contributed by atoms with Gasteiger partial charge in [0.1, 0.15) is 0 Å². The molecule has 0 heterocycles. The first-order valence-electron chi connectivity index (χ1n) is 8.74. The molecule has 0 saturated heterocycles. The first-order valence-corrected chi connectivity index (χ1v) is 8.74. The van der Waals surface area contributed by atoms with Crippen molar-refractivity contribution in [2.75, 3.05) is 13.2 Å². The Morgan fingerprint density at radius 1 is 0.895 bits per heavy atom. The maximum Gasteiger partial charge on any atom is 0.0806 e. The normalized spacial score (nSPS) is 27.8. The Bertz CT molecular complexity index is 262. The van der Waals surface area contributed by atoms with E-state index in [1.807, 2.05) is 0 Å². The molecule has 3 aliphatic carbocycles. The number of nitrogens with one attached hydrogen (secondary N) is 1. The van der Waals surface area contributed by atoms with Crippen molar-refractivity contribution in [2.45, 2.75) is 88.7 Å². The summed E-state index contributed by atoms with van der Waals surface area (Å²) in [7, 11) is 0. The van der Waals surface area contributed by atoms with Crippen LogP contribution in [-0.4, -0.2) is 24.8 Å². The summed E-state index contributed by atoms with van der Waals surface area (Å²) in [6, 6.07) is 0.815. The zero-order valence-electron chi connectivity index (χ0n) is 12.5. The molecule has 3 aliphatic rings. The van der Waals surface area contributed by atoms with E-state index in [0.717, 1.165) is 25.1 Å². The molecule has 0 aliphatic heterocycles. The number of rotatable bonds is 7. The summed E-state index contributed by atoms with van der Waals surface area (Å²) >= 11 is 0. The second kappa shape index (κ2) is 6.58. The molecule has 0 spiro atoms. The molecule has 0 bridgehead atoms. The standard InChI is InChI=1S/C17H31NO/c1-2-4-12-17(11-3-1,14-18-16-8-9-16)19-13-10-15-6-5-7-15/h15-16,18H,1-14H2. The predicted molar refractivity (Wildman–Crippen MR) is 79.4 cm³/mol. The minimum Gasteiger partial charge on any atom is -0.374 e. The molecule has 2 nitrogen and oxygen atoms in total. The maximum absolute atomic E-state index is 6.47. The Kier molecular flexibility index (Phi) is 4.81. The van der Waals surface area contributed by atoms with Gasteiger partial charge in [-0.3, -0.25) is 0 Å². The monoisotopic (exact) mass is 265 g/mol. The molecule has 3 rings (SSSR count). The van der Waals surface area contributed by atoms with Crippen molar-refractivity contribution in [3.05, 3.63) is 0 Å². The fraction of sp³-hybridized carbons (Fsp3) is 1.00. The molecular weight excluding hydrogens is 234 g/mol. The van der Waals surface area contributed by atoms with Gasteiger partial charge in [-0.25, -0.2) is 0 Å². The molecule has 2 heteroatoms. The lowest BCUT2D eigenvalue weighted by atomic mass is 9.83. The Labute approximate surface area is 118 Å². The number of ether oxygens (including phenoxy) is 1. The van der Waals surface area contributed by atoms with E-state index in [0.29, 0.717) is 0 Å². The van der Waals surface area contributed by atoms with Crippen molar-refractivity contribution in [2.24, 2.45) is 5.92 Å². The van der Waals surface area contributed by atoms with Gasteiger partial charge >= 0.3 is 0 Å². The van der Waals surface area contributed by atoms with Crippen LogP contribution in [0.4, 0.5) is 0 Å². The highest BCUT2D eigenvalue weighted by Crippen LogP contribution is 2.34. The molecule has 0 atom stereocenters. The van der Waals surface area contributed by atoms with E-state index in [2.05, 4.69) is 5.32 Å². The van der Waals surface area contributed by atoms with Gasteiger partial charge < -0.3 is 10.1 Å². The summed E-state index contributed by atoms with van der Waals surface area (Å²) in [5.41, 5.74) is 0.183. The van der Waals surface area contributed by atoms with Crippen molar-refractivity contribution in [1.29, 1.82) is 0 Å². The van der Waals surface area contributed by atoms with Gasteiger partial charge in [0.25, 0.3) is 0 Å². The minimum atomic E-state index is 0.183. The third-order valence-electron chi connectivity index (χ3n) is 5.46. The van der Waals surface area contributed by atoms with Crippen LogP contribution < -0.4 is 5.32 Å². The van der Waals surface area contributed by atoms with Crippen LogP contribution in [0.3, 0.4) is 0 Å². The molecule has 0 aromatic heterocycles. The fourth-order valence-electron chi connectivity index (χ4n) is 3.59. The van der Waals surface area contributed by atoms with Gasteiger partial charge in [0.2, 0.25) is 0 Å². The molecule has 0 amide bonds. The van der Waals surface area contributed by atoms with Crippen molar-refractivity contribution < 1.29 is 4.74 Å². The number of hydrogen-bond donors (Lipinski definition) is 1. The average molecular weight is 265 g/mol. The van der Waals surface area contributed by atoms with Crippen molar-refractivity contribution in [3.63, 3.8) is 0 Å². The van der Waals surface area contributed by atoms with Gasteiger partial charge in [0, 0.05) is 19.2 Å². The summed E-state index contributed by atoms with van der Waals surface area (Å²) in [5.74, 6) is 0.985. The number of hydrogen-bond acceptors (Lipinski definition) is 2. The molecule has 3 fully saturated rings. The summed E-state index contributed by atoms with van der Waals surface area (Å²) in [6.07, 6.45) is 16.6. The van der Waals surface area contributed by atoms with E-state index >= 15 is 0 Å². The van der Waals surface area contributed by atoms with Crippen LogP contribution in [-0.2, 0) is 4.74 Å².